The Balaban J connectivity index is 2.17. The lowest BCUT2D eigenvalue weighted by molar-refractivity contribution is -0.147. The molecule has 2 rings (SSSR count). The van der Waals surface area contributed by atoms with Crippen molar-refractivity contribution in [3.63, 3.8) is 0 Å². The number of aromatic nitrogens is 1. The summed E-state index contributed by atoms with van der Waals surface area (Å²) < 4.78 is 11.4. The standard InChI is InChI=1S/C14H14N2O4/c1-10(13(17)19-9-5-4-8-15)16-11-6-2-3-7-12(11)20-14(16)18/h2-3,6-7,10H,4-5,9H2,1H3. The minimum atomic E-state index is -0.770. The summed E-state index contributed by atoms with van der Waals surface area (Å²) in [4.78, 5) is 23.7. The van der Waals surface area contributed by atoms with E-state index in [4.69, 9.17) is 14.4 Å². The van der Waals surface area contributed by atoms with Gasteiger partial charge in [-0.15, -0.1) is 0 Å². The maximum Gasteiger partial charge on any atom is 0.420 e. The Morgan fingerprint density at radius 1 is 1.50 bits per heavy atom. The smallest absolute Gasteiger partial charge is 0.420 e. The Morgan fingerprint density at radius 2 is 2.25 bits per heavy atom. The van der Waals surface area contributed by atoms with Crippen molar-refractivity contribution in [2.24, 2.45) is 0 Å². The van der Waals surface area contributed by atoms with Gasteiger partial charge in [0.1, 0.15) is 6.04 Å². The van der Waals surface area contributed by atoms with Crippen LogP contribution in [0.4, 0.5) is 0 Å². The Hall–Kier alpha value is -2.55. The van der Waals surface area contributed by atoms with E-state index in [9.17, 15) is 9.59 Å². The summed E-state index contributed by atoms with van der Waals surface area (Å²) in [6, 6.07) is 8.09. The molecule has 0 saturated carbocycles. The minimum absolute atomic E-state index is 0.168. The van der Waals surface area contributed by atoms with Gasteiger partial charge >= 0.3 is 11.7 Å². The summed E-state index contributed by atoms with van der Waals surface area (Å²) in [7, 11) is 0. The highest BCUT2D eigenvalue weighted by Crippen LogP contribution is 2.17. The molecule has 0 aliphatic heterocycles. The fraction of sp³-hybridized carbons (Fsp3) is 0.357. The number of benzene rings is 1. The highest BCUT2D eigenvalue weighted by molar-refractivity contribution is 5.79. The van der Waals surface area contributed by atoms with Crippen LogP contribution < -0.4 is 5.76 Å². The zero-order valence-corrected chi connectivity index (χ0v) is 11.0. The lowest BCUT2D eigenvalue weighted by atomic mass is 10.3. The molecule has 1 atom stereocenters. The number of para-hydroxylation sites is 2. The molecular formula is C14H14N2O4. The first-order chi connectivity index (χ1) is 9.65. The second-order valence-corrected chi connectivity index (χ2v) is 4.31. The molecule has 2 aromatic rings. The van der Waals surface area contributed by atoms with Gasteiger partial charge in [-0.2, -0.15) is 5.26 Å². The number of carbonyl (C=O) groups is 1. The summed E-state index contributed by atoms with van der Waals surface area (Å²) in [6.45, 7) is 1.75. The van der Waals surface area contributed by atoms with Gasteiger partial charge in [-0.05, 0) is 25.5 Å². The molecule has 1 aromatic carbocycles. The molecule has 0 aliphatic carbocycles. The number of hydrogen-bond acceptors (Lipinski definition) is 5. The van der Waals surface area contributed by atoms with Crippen LogP contribution in [-0.2, 0) is 9.53 Å². The highest BCUT2D eigenvalue weighted by atomic mass is 16.5. The van der Waals surface area contributed by atoms with Crippen molar-refractivity contribution >= 4 is 17.1 Å². The number of nitriles is 1. The third-order valence-corrected chi connectivity index (χ3v) is 2.92. The van der Waals surface area contributed by atoms with Crippen LogP contribution in [-0.4, -0.2) is 17.1 Å². The van der Waals surface area contributed by atoms with Crippen LogP contribution in [0.3, 0.4) is 0 Å². The highest BCUT2D eigenvalue weighted by Gasteiger charge is 2.22. The third kappa shape index (κ3) is 2.72. The summed E-state index contributed by atoms with van der Waals surface area (Å²) in [5, 5.41) is 8.40. The molecule has 6 heteroatoms. The Bertz CT molecular complexity index is 708. The molecule has 0 fully saturated rings. The molecule has 104 valence electrons. The second-order valence-electron chi connectivity index (χ2n) is 4.31. The fourth-order valence-corrected chi connectivity index (χ4v) is 1.90. The zero-order chi connectivity index (χ0) is 14.5. The van der Waals surface area contributed by atoms with Gasteiger partial charge in [0.25, 0.3) is 0 Å². The molecule has 0 amide bonds. The number of hydrogen-bond donors (Lipinski definition) is 0. The molecule has 1 unspecified atom stereocenters. The molecular weight excluding hydrogens is 260 g/mol. The first-order valence-electron chi connectivity index (χ1n) is 6.29. The normalized spacial score (nSPS) is 12.0. The minimum Gasteiger partial charge on any atom is -0.464 e. The summed E-state index contributed by atoms with van der Waals surface area (Å²) >= 11 is 0. The van der Waals surface area contributed by atoms with E-state index < -0.39 is 17.8 Å². The average Bonchev–Trinajstić information content (AvgIpc) is 2.78. The van der Waals surface area contributed by atoms with E-state index in [0.717, 1.165) is 0 Å². The summed E-state index contributed by atoms with van der Waals surface area (Å²) in [5.74, 6) is -1.11. The van der Waals surface area contributed by atoms with Gasteiger partial charge in [0.05, 0.1) is 18.2 Å². The molecule has 20 heavy (non-hydrogen) atoms. The van der Waals surface area contributed by atoms with Gasteiger partial charge in [-0.25, -0.2) is 9.59 Å². The van der Waals surface area contributed by atoms with Gasteiger partial charge in [0.15, 0.2) is 5.58 Å². The maximum atomic E-state index is 11.9. The number of unbranched alkanes of at least 4 members (excludes halogenated alkanes) is 1. The molecule has 0 radical (unpaired) electrons. The van der Waals surface area contributed by atoms with Crippen LogP contribution >= 0.6 is 0 Å². The van der Waals surface area contributed by atoms with E-state index in [1.54, 1.807) is 31.2 Å². The van der Waals surface area contributed by atoms with Crippen LogP contribution in [0, 0.1) is 11.3 Å². The van der Waals surface area contributed by atoms with Crippen molar-refractivity contribution in [1.29, 1.82) is 5.26 Å². The summed E-state index contributed by atoms with van der Waals surface area (Å²) in [5.41, 5.74) is 0.987. The van der Waals surface area contributed by atoms with Gasteiger partial charge in [0.2, 0.25) is 0 Å². The van der Waals surface area contributed by atoms with E-state index >= 15 is 0 Å². The predicted octanol–water partition coefficient (Wildman–Crippen LogP) is 2.00. The third-order valence-electron chi connectivity index (χ3n) is 2.92. The molecule has 1 aromatic heterocycles. The molecule has 6 nitrogen and oxygen atoms in total. The van der Waals surface area contributed by atoms with Gasteiger partial charge in [0, 0.05) is 6.42 Å². The van der Waals surface area contributed by atoms with Crippen LogP contribution in [0.1, 0.15) is 25.8 Å². The van der Waals surface area contributed by atoms with Gasteiger partial charge in [-0.1, -0.05) is 12.1 Å². The first kappa shape index (κ1) is 13.9. The largest absolute Gasteiger partial charge is 0.464 e. The van der Waals surface area contributed by atoms with E-state index in [2.05, 4.69) is 0 Å². The molecule has 0 N–H and O–H groups in total. The van der Waals surface area contributed by atoms with Crippen LogP contribution in [0.15, 0.2) is 33.5 Å². The van der Waals surface area contributed by atoms with Crippen molar-refractivity contribution in [3.05, 3.63) is 34.8 Å². The first-order valence-corrected chi connectivity index (χ1v) is 6.29. The summed E-state index contributed by atoms with van der Waals surface area (Å²) in [6.07, 6.45) is 0.812. The predicted molar refractivity (Wildman–Crippen MR) is 71.0 cm³/mol. The van der Waals surface area contributed by atoms with Crippen molar-refractivity contribution in [2.75, 3.05) is 6.61 Å². The van der Waals surface area contributed by atoms with Gasteiger partial charge < -0.3 is 9.15 Å². The van der Waals surface area contributed by atoms with Crippen LogP contribution in [0.5, 0.6) is 0 Å². The number of oxazole rings is 1. The molecule has 1 heterocycles. The number of fused-ring (bicyclic) bond motifs is 1. The number of ether oxygens (including phenoxy) is 1. The lowest BCUT2D eigenvalue weighted by Gasteiger charge is -2.11. The number of carbonyl (C=O) groups excluding carboxylic acids is 1. The Morgan fingerprint density at radius 3 is 3.00 bits per heavy atom. The number of rotatable bonds is 5. The van der Waals surface area contributed by atoms with Crippen molar-refractivity contribution < 1.29 is 13.9 Å². The SMILES string of the molecule is CC(C(=O)OCCCC#N)n1c(=O)oc2ccccc21. The van der Waals surface area contributed by atoms with Crippen LogP contribution in [0.25, 0.3) is 11.1 Å². The molecule has 0 bridgehead atoms. The second kappa shape index (κ2) is 6.06. The van der Waals surface area contributed by atoms with E-state index in [-0.39, 0.29) is 6.61 Å². The van der Waals surface area contributed by atoms with E-state index in [1.165, 1.54) is 4.57 Å². The topological polar surface area (TPSA) is 85.2 Å². The van der Waals surface area contributed by atoms with Crippen molar-refractivity contribution in [3.8, 4) is 6.07 Å². The Labute approximate surface area is 115 Å². The lowest BCUT2D eigenvalue weighted by Crippen LogP contribution is -2.26. The molecule has 0 aliphatic rings. The number of esters is 1. The Kier molecular flexibility index (Phi) is 4.20. The maximum absolute atomic E-state index is 11.9. The van der Waals surface area contributed by atoms with Crippen LogP contribution in [0.2, 0.25) is 0 Å². The van der Waals surface area contributed by atoms with Crippen molar-refractivity contribution in [2.45, 2.75) is 25.8 Å². The average molecular weight is 274 g/mol. The van der Waals surface area contributed by atoms with Gasteiger partial charge in [-0.3, -0.25) is 4.57 Å². The van der Waals surface area contributed by atoms with Crippen molar-refractivity contribution in [1.82, 2.24) is 4.57 Å². The fourth-order valence-electron chi connectivity index (χ4n) is 1.90. The quantitative estimate of drug-likeness (QED) is 0.615. The number of nitrogens with zero attached hydrogens (tertiary/aromatic N) is 2. The molecule has 0 saturated heterocycles. The molecule has 0 spiro atoms. The monoisotopic (exact) mass is 274 g/mol. The van der Waals surface area contributed by atoms with E-state index in [1.807, 2.05) is 6.07 Å². The van der Waals surface area contributed by atoms with E-state index in [0.29, 0.717) is 23.9 Å². The zero-order valence-electron chi connectivity index (χ0n) is 11.0.